The SMILES string of the molecule is CCCN(c1cc(COC(=O)C(C)(N)Cc2cccc(CCCCN)c2)cc(Cl)n1)S(C)(=O)=O. The van der Waals surface area contributed by atoms with Crippen molar-refractivity contribution in [3.8, 4) is 0 Å². The Labute approximate surface area is 207 Å². The third-order valence-electron chi connectivity index (χ3n) is 5.24. The number of sulfonamides is 1. The molecule has 4 N–H and O–H groups in total. The van der Waals surface area contributed by atoms with Crippen LogP contribution in [0.15, 0.2) is 36.4 Å². The first kappa shape index (κ1) is 28.0. The van der Waals surface area contributed by atoms with E-state index in [2.05, 4.69) is 17.1 Å². The lowest BCUT2D eigenvalue weighted by molar-refractivity contribution is -0.150. The second kappa shape index (κ2) is 12.5. The molecule has 0 aliphatic carbocycles. The second-order valence-electron chi connectivity index (χ2n) is 8.73. The van der Waals surface area contributed by atoms with Crippen molar-refractivity contribution in [2.24, 2.45) is 11.5 Å². The van der Waals surface area contributed by atoms with Crippen molar-refractivity contribution in [1.82, 2.24) is 4.98 Å². The average Bonchev–Trinajstić information content (AvgIpc) is 2.74. The molecule has 0 aliphatic heterocycles. The second-order valence-corrected chi connectivity index (χ2v) is 11.0. The van der Waals surface area contributed by atoms with Gasteiger partial charge < -0.3 is 16.2 Å². The molecule has 10 heteroatoms. The van der Waals surface area contributed by atoms with Crippen molar-refractivity contribution in [1.29, 1.82) is 0 Å². The van der Waals surface area contributed by atoms with Gasteiger partial charge in [0.25, 0.3) is 0 Å². The number of nitrogens with two attached hydrogens (primary N) is 2. The lowest BCUT2D eigenvalue weighted by Gasteiger charge is -2.24. The van der Waals surface area contributed by atoms with Gasteiger partial charge in [0, 0.05) is 13.0 Å². The molecular formula is C24H35ClN4O4S. The van der Waals surface area contributed by atoms with Crippen LogP contribution in [0.3, 0.4) is 0 Å². The minimum Gasteiger partial charge on any atom is -0.459 e. The van der Waals surface area contributed by atoms with E-state index >= 15 is 0 Å². The van der Waals surface area contributed by atoms with Crippen LogP contribution < -0.4 is 15.8 Å². The van der Waals surface area contributed by atoms with Crippen LogP contribution in [0.1, 0.15) is 49.8 Å². The number of rotatable bonds is 13. The van der Waals surface area contributed by atoms with Crippen LogP contribution in [0.2, 0.25) is 5.15 Å². The highest BCUT2D eigenvalue weighted by Crippen LogP contribution is 2.22. The van der Waals surface area contributed by atoms with Gasteiger partial charge in [0.1, 0.15) is 23.1 Å². The molecule has 1 aromatic carbocycles. The molecule has 0 amide bonds. The molecule has 1 unspecified atom stereocenters. The Hall–Kier alpha value is -2.20. The first-order valence-corrected chi connectivity index (χ1v) is 13.6. The van der Waals surface area contributed by atoms with E-state index in [4.69, 9.17) is 27.8 Å². The fourth-order valence-corrected chi connectivity index (χ4v) is 4.75. The van der Waals surface area contributed by atoms with Crippen molar-refractivity contribution < 1.29 is 17.9 Å². The third-order valence-corrected chi connectivity index (χ3v) is 6.61. The van der Waals surface area contributed by atoms with E-state index in [1.807, 2.05) is 19.1 Å². The summed E-state index contributed by atoms with van der Waals surface area (Å²) in [6, 6.07) is 11.1. The van der Waals surface area contributed by atoms with Crippen molar-refractivity contribution in [3.63, 3.8) is 0 Å². The number of aromatic nitrogens is 1. The summed E-state index contributed by atoms with van der Waals surface area (Å²) in [6.07, 6.45) is 4.92. The molecule has 2 rings (SSSR count). The van der Waals surface area contributed by atoms with Gasteiger partial charge in [0.15, 0.2) is 0 Å². The number of aryl methyl sites for hydroxylation is 1. The lowest BCUT2D eigenvalue weighted by atomic mass is 9.92. The summed E-state index contributed by atoms with van der Waals surface area (Å²) >= 11 is 6.11. The van der Waals surface area contributed by atoms with Gasteiger partial charge in [-0.3, -0.25) is 9.10 Å². The van der Waals surface area contributed by atoms with Crippen molar-refractivity contribution in [2.45, 2.75) is 58.1 Å². The Morgan fingerprint density at radius 1 is 1.18 bits per heavy atom. The van der Waals surface area contributed by atoms with Gasteiger partial charge >= 0.3 is 5.97 Å². The largest absolute Gasteiger partial charge is 0.459 e. The number of esters is 1. The Balaban J connectivity index is 2.08. The summed E-state index contributed by atoms with van der Waals surface area (Å²) in [6.45, 7) is 4.32. The molecule has 0 spiro atoms. The molecule has 2 aromatic rings. The topological polar surface area (TPSA) is 129 Å². The summed E-state index contributed by atoms with van der Waals surface area (Å²) in [5, 5.41) is 0.107. The number of nitrogens with zero attached hydrogens (tertiary/aromatic N) is 2. The van der Waals surface area contributed by atoms with Crippen LogP contribution in [-0.4, -0.2) is 44.3 Å². The zero-order chi connectivity index (χ0) is 25.4. The standard InChI is InChI=1S/C24H35ClN4O4S/c1-4-12-29(34(3,31)32)22-15-20(14-21(25)28-22)17-33-23(30)24(2,27)16-19-10-7-9-18(13-19)8-5-6-11-26/h7,9-10,13-15H,4-6,8,11-12,16-17,26-27H2,1-3H3. The number of ether oxygens (including phenoxy) is 1. The summed E-state index contributed by atoms with van der Waals surface area (Å²) in [5.41, 5.74) is 13.3. The van der Waals surface area contributed by atoms with Crippen LogP contribution in [0, 0.1) is 0 Å². The Morgan fingerprint density at radius 3 is 2.53 bits per heavy atom. The van der Waals surface area contributed by atoms with Gasteiger partial charge in [-0.25, -0.2) is 13.4 Å². The van der Waals surface area contributed by atoms with Gasteiger partial charge in [0.2, 0.25) is 10.0 Å². The zero-order valence-corrected chi connectivity index (χ0v) is 21.7. The van der Waals surface area contributed by atoms with Gasteiger partial charge in [0.05, 0.1) is 6.26 Å². The Bertz CT molecular complexity index is 1080. The number of benzene rings is 1. The number of carbonyl (C=O) groups is 1. The van der Waals surface area contributed by atoms with E-state index in [-0.39, 0.29) is 24.1 Å². The minimum atomic E-state index is -3.54. The zero-order valence-electron chi connectivity index (χ0n) is 20.1. The fourth-order valence-electron chi connectivity index (χ4n) is 3.58. The molecule has 0 aliphatic rings. The number of carbonyl (C=O) groups excluding carboxylic acids is 1. The van der Waals surface area contributed by atoms with E-state index in [1.54, 1.807) is 13.0 Å². The predicted octanol–water partition coefficient (Wildman–Crippen LogP) is 3.20. The van der Waals surface area contributed by atoms with Crippen LogP contribution >= 0.6 is 11.6 Å². The van der Waals surface area contributed by atoms with Gasteiger partial charge in [-0.1, -0.05) is 42.8 Å². The Morgan fingerprint density at radius 2 is 1.88 bits per heavy atom. The number of hydrogen-bond donors (Lipinski definition) is 2. The highest BCUT2D eigenvalue weighted by Gasteiger charge is 2.31. The molecular weight excluding hydrogens is 476 g/mol. The predicted molar refractivity (Wildman–Crippen MR) is 136 cm³/mol. The number of halogens is 1. The van der Waals surface area contributed by atoms with E-state index in [1.165, 1.54) is 15.9 Å². The molecule has 0 radical (unpaired) electrons. The van der Waals surface area contributed by atoms with Crippen LogP contribution in [0.5, 0.6) is 0 Å². The maximum atomic E-state index is 12.8. The maximum Gasteiger partial charge on any atom is 0.326 e. The number of unbranched alkanes of at least 4 members (excludes halogenated alkanes) is 1. The van der Waals surface area contributed by atoms with E-state index < -0.39 is 21.5 Å². The molecule has 0 bridgehead atoms. The molecule has 1 heterocycles. The van der Waals surface area contributed by atoms with Crippen molar-refractivity contribution >= 4 is 33.4 Å². The van der Waals surface area contributed by atoms with Crippen LogP contribution in [0.25, 0.3) is 0 Å². The first-order chi connectivity index (χ1) is 16.0. The molecule has 8 nitrogen and oxygen atoms in total. The molecule has 0 fully saturated rings. The smallest absolute Gasteiger partial charge is 0.326 e. The van der Waals surface area contributed by atoms with Gasteiger partial charge in [-0.05, 0) is 68.0 Å². The van der Waals surface area contributed by atoms with Gasteiger partial charge in [-0.15, -0.1) is 0 Å². The van der Waals surface area contributed by atoms with Gasteiger partial charge in [-0.2, -0.15) is 0 Å². The van der Waals surface area contributed by atoms with Crippen LogP contribution in [-0.2, 0) is 39.0 Å². The molecule has 1 atom stereocenters. The van der Waals surface area contributed by atoms with E-state index in [0.717, 1.165) is 31.1 Å². The highest BCUT2D eigenvalue weighted by molar-refractivity contribution is 7.92. The minimum absolute atomic E-state index is 0.107. The number of hydrogen-bond acceptors (Lipinski definition) is 7. The maximum absolute atomic E-state index is 12.8. The number of pyridine rings is 1. The van der Waals surface area contributed by atoms with E-state index in [9.17, 15) is 13.2 Å². The quantitative estimate of drug-likeness (QED) is 0.240. The van der Waals surface area contributed by atoms with Crippen LogP contribution in [0.4, 0.5) is 5.82 Å². The summed E-state index contributed by atoms with van der Waals surface area (Å²) < 4.78 is 31.0. The molecule has 0 saturated carbocycles. The summed E-state index contributed by atoms with van der Waals surface area (Å²) in [4.78, 5) is 16.9. The highest BCUT2D eigenvalue weighted by atomic mass is 35.5. The van der Waals surface area contributed by atoms with Crippen molar-refractivity contribution in [3.05, 3.63) is 58.2 Å². The monoisotopic (exact) mass is 510 g/mol. The van der Waals surface area contributed by atoms with E-state index in [0.29, 0.717) is 24.9 Å². The molecule has 1 aromatic heterocycles. The Kier molecular flexibility index (Phi) is 10.3. The summed E-state index contributed by atoms with van der Waals surface area (Å²) in [5.74, 6) is -0.381. The normalized spacial score (nSPS) is 13.4. The first-order valence-electron chi connectivity index (χ1n) is 11.3. The average molecular weight is 511 g/mol. The summed E-state index contributed by atoms with van der Waals surface area (Å²) in [7, 11) is -3.54. The molecule has 34 heavy (non-hydrogen) atoms. The molecule has 188 valence electrons. The third kappa shape index (κ3) is 8.54. The molecule has 0 saturated heterocycles. The lowest BCUT2D eigenvalue weighted by Crippen LogP contribution is -2.48. The number of anilines is 1. The van der Waals surface area contributed by atoms with Crippen molar-refractivity contribution in [2.75, 3.05) is 23.7 Å². The fraction of sp³-hybridized carbons (Fsp3) is 0.500.